The van der Waals surface area contributed by atoms with Crippen LogP contribution < -0.4 is 0 Å². The molecule has 1 aliphatic rings. The number of nitrogens with zero attached hydrogens (tertiary/aromatic N) is 2. The van der Waals surface area contributed by atoms with Crippen molar-refractivity contribution in [1.82, 2.24) is 15.0 Å². The maximum atomic E-state index is 11.4. The molecule has 0 atom stereocenters. The summed E-state index contributed by atoms with van der Waals surface area (Å²) in [6.07, 6.45) is 9.18. The second-order valence-corrected chi connectivity index (χ2v) is 9.19. The summed E-state index contributed by atoms with van der Waals surface area (Å²) in [5.74, 6) is 2.34. The Bertz CT molecular complexity index is 1200. The molecule has 0 spiro atoms. The monoisotopic (exact) mass is 435 g/mol. The van der Waals surface area contributed by atoms with Crippen LogP contribution in [0.2, 0.25) is 0 Å². The van der Waals surface area contributed by atoms with E-state index < -0.39 is 0 Å². The van der Waals surface area contributed by atoms with Gasteiger partial charge in [0.25, 0.3) is 0 Å². The highest BCUT2D eigenvalue weighted by Crippen LogP contribution is 2.37. The average Bonchev–Trinajstić information content (AvgIpc) is 3.36. The highest BCUT2D eigenvalue weighted by molar-refractivity contribution is 5.75. The molecule has 2 aromatic carbocycles. The standard InChI is InChI=1S/C29H29N3O/c1-20(33)17-21-7-9-22(10-8-21)23-11-13-25(14-12-23)27-16-15-26(18-30-27)29-31-19-28(32-29)24-5-3-2-4-6-24/h2-6,11-16,18-19,21-22H,7-10,17H2,1H3,(H,31,32). The van der Waals surface area contributed by atoms with Gasteiger partial charge in [-0.15, -0.1) is 0 Å². The van der Waals surface area contributed by atoms with Crippen LogP contribution in [0.25, 0.3) is 33.9 Å². The number of carbonyl (C=O) groups excluding carboxylic acids is 1. The van der Waals surface area contributed by atoms with E-state index in [1.54, 1.807) is 6.92 Å². The van der Waals surface area contributed by atoms with Crippen molar-refractivity contribution in [3.05, 3.63) is 84.7 Å². The predicted molar refractivity (Wildman–Crippen MR) is 133 cm³/mol. The van der Waals surface area contributed by atoms with Gasteiger partial charge in [0.1, 0.15) is 11.6 Å². The molecule has 4 aromatic rings. The molecule has 2 aromatic heterocycles. The van der Waals surface area contributed by atoms with Crippen LogP contribution in [0.1, 0.15) is 50.5 Å². The maximum absolute atomic E-state index is 11.4. The van der Waals surface area contributed by atoms with Gasteiger partial charge in [0.15, 0.2) is 0 Å². The van der Waals surface area contributed by atoms with Crippen molar-refractivity contribution in [3.63, 3.8) is 0 Å². The van der Waals surface area contributed by atoms with Gasteiger partial charge < -0.3 is 9.78 Å². The van der Waals surface area contributed by atoms with Gasteiger partial charge >= 0.3 is 0 Å². The van der Waals surface area contributed by atoms with Gasteiger partial charge in [-0.1, -0.05) is 54.6 Å². The molecule has 4 nitrogen and oxygen atoms in total. The quantitative estimate of drug-likeness (QED) is 0.353. The SMILES string of the molecule is CC(=O)CC1CCC(c2ccc(-c3ccc(-c4ncc(-c5ccccc5)[nH]4)cn3)cc2)CC1. The van der Waals surface area contributed by atoms with E-state index in [2.05, 4.69) is 58.5 Å². The first kappa shape index (κ1) is 21.3. The molecule has 2 heterocycles. The molecule has 0 saturated heterocycles. The minimum atomic E-state index is 0.324. The second-order valence-electron chi connectivity index (χ2n) is 9.19. The lowest BCUT2D eigenvalue weighted by molar-refractivity contribution is -0.118. The van der Waals surface area contributed by atoms with E-state index >= 15 is 0 Å². The van der Waals surface area contributed by atoms with Crippen molar-refractivity contribution in [2.75, 3.05) is 0 Å². The number of carbonyl (C=O) groups is 1. The molecular formula is C29H29N3O. The number of hydrogen-bond acceptors (Lipinski definition) is 3. The summed E-state index contributed by atoms with van der Waals surface area (Å²) in [6, 6.07) is 23.2. The Morgan fingerprint density at radius 3 is 2.21 bits per heavy atom. The molecule has 4 heteroatoms. The number of pyridine rings is 1. The maximum Gasteiger partial charge on any atom is 0.139 e. The number of benzene rings is 2. The molecule has 0 radical (unpaired) electrons. The minimum Gasteiger partial charge on any atom is -0.338 e. The van der Waals surface area contributed by atoms with Crippen LogP contribution >= 0.6 is 0 Å². The van der Waals surface area contributed by atoms with E-state index in [9.17, 15) is 4.79 Å². The zero-order valence-electron chi connectivity index (χ0n) is 19.0. The summed E-state index contributed by atoms with van der Waals surface area (Å²) in [4.78, 5) is 24.0. The molecule has 0 aliphatic heterocycles. The van der Waals surface area contributed by atoms with Crippen LogP contribution in [0.5, 0.6) is 0 Å². The number of nitrogens with one attached hydrogen (secondary N) is 1. The van der Waals surface area contributed by atoms with E-state index in [-0.39, 0.29) is 0 Å². The number of Topliss-reactive ketones (excluding diaryl/α,β-unsaturated/α-hetero) is 1. The lowest BCUT2D eigenvalue weighted by atomic mass is 9.77. The van der Waals surface area contributed by atoms with E-state index in [4.69, 9.17) is 4.98 Å². The van der Waals surface area contributed by atoms with Crippen LogP contribution in [0.15, 0.2) is 79.1 Å². The molecule has 1 aliphatic carbocycles. The number of H-pyrrole nitrogens is 1. The fourth-order valence-corrected chi connectivity index (χ4v) is 4.97. The fraction of sp³-hybridized carbons (Fsp3) is 0.276. The fourth-order valence-electron chi connectivity index (χ4n) is 4.97. The molecule has 0 bridgehead atoms. The molecule has 1 N–H and O–H groups in total. The van der Waals surface area contributed by atoms with E-state index in [1.165, 1.54) is 18.4 Å². The third kappa shape index (κ3) is 4.95. The summed E-state index contributed by atoms with van der Waals surface area (Å²) in [5, 5.41) is 0. The molecule has 33 heavy (non-hydrogen) atoms. The molecule has 0 amide bonds. The van der Waals surface area contributed by atoms with Gasteiger partial charge in [0.05, 0.1) is 17.6 Å². The van der Waals surface area contributed by atoms with Crippen molar-refractivity contribution in [1.29, 1.82) is 0 Å². The van der Waals surface area contributed by atoms with E-state index in [0.29, 0.717) is 17.6 Å². The summed E-state index contributed by atoms with van der Waals surface area (Å²) in [6.45, 7) is 1.71. The van der Waals surface area contributed by atoms with Gasteiger partial charge in [-0.3, -0.25) is 4.98 Å². The summed E-state index contributed by atoms with van der Waals surface area (Å²) < 4.78 is 0. The highest BCUT2D eigenvalue weighted by atomic mass is 16.1. The van der Waals surface area contributed by atoms with Crippen LogP contribution in [0.3, 0.4) is 0 Å². The number of imidazole rings is 1. The number of aromatic nitrogens is 3. The Hall–Kier alpha value is -3.53. The summed E-state index contributed by atoms with van der Waals surface area (Å²) in [5.41, 5.74) is 6.58. The lowest BCUT2D eigenvalue weighted by Crippen LogP contribution is -2.15. The molecule has 5 rings (SSSR count). The van der Waals surface area contributed by atoms with Gasteiger partial charge in [-0.05, 0) is 67.7 Å². The van der Waals surface area contributed by atoms with Gasteiger partial charge in [-0.25, -0.2) is 4.98 Å². The normalized spacial score (nSPS) is 18.2. The second kappa shape index (κ2) is 9.53. The predicted octanol–water partition coefficient (Wildman–Crippen LogP) is 7.06. The Balaban J connectivity index is 1.25. The van der Waals surface area contributed by atoms with Crippen molar-refractivity contribution < 1.29 is 4.79 Å². The van der Waals surface area contributed by atoms with Crippen molar-refractivity contribution in [2.24, 2.45) is 5.92 Å². The first-order chi connectivity index (χ1) is 16.2. The number of ketones is 1. The topological polar surface area (TPSA) is 58.6 Å². The Labute approximate surface area is 195 Å². The Morgan fingerprint density at radius 2 is 1.55 bits per heavy atom. The molecule has 0 unspecified atom stereocenters. The molecule has 1 saturated carbocycles. The third-order valence-electron chi connectivity index (χ3n) is 6.80. The Morgan fingerprint density at radius 1 is 0.818 bits per heavy atom. The zero-order valence-corrected chi connectivity index (χ0v) is 19.0. The lowest BCUT2D eigenvalue weighted by Gasteiger charge is -2.28. The highest BCUT2D eigenvalue weighted by Gasteiger charge is 2.23. The number of aromatic amines is 1. The molecule has 166 valence electrons. The van der Waals surface area contributed by atoms with Gasteiger partial charge in [-0.2, -0.15) is 0 Å². The summed E-state index contributed by atoms with van der Waals surface area (Å²) >= 11 is 0. The van der Waals surface area contributed by atoms with Gasteiger partial charge in [0, 0.05) is 23.7 Å². The van der Waals surface area contributed by atoms with E-state index in [1.807, 2.05) is 30.6 Å². The Kier molecular flexibility index (Phi) is 6.16. The van der Waals surface area contributed by atoms with Gasteiger partial charge in [0.2, 0.25) is 0 Å². The largest absolute Gasteiger partial charge is 0.338 e. The van der Waals surface area contributed by atoms with Crippen molar-refractivity contribution >= 4 is 5.78 Å². The molecular weight excluding hydrogens is 406 g/mol. The molecule has 1 fully saturated rings. The zero-order chi connectivity index (χ0) is 22.6. The van der Waals surface area contributed by atoms with Crippen molar-refractivity contribution in [3.8, 4) is 33.9 Å². The van der Waals surface area contributed by atoms with Crippen LogP contribution in [0.4, 0.5) is 0 Å². The van der Waals surface area contributed by atoms with E-state index in [0.717, 1.165) is 53.2 Å². The van der Waals surface area contributed by atoms with Crippen molar-refractivity contribution in [2.45, 2.75) is 44.9 Å². The number of rotatable bonds is 6. The average molecular weight is 436 g/mol. The number of hydrogen-bond donors (Lipinski definition) is 1. The minimum absolute atomic E-state index is 0.324. The summed E-state index contributed by atoms with van der Waals surface area (Å²) in [7, 11) is 0. The van der Waals surface area contributed by atoms with Crippen LogP contribution in [0, 0.1) is 5.92 Å². The first-order valence-corrected chi connectivity index (χ1v) is 11.8. The van der Waals surface area contributed by atoms with Crippen LogP contribution in [-0.4, -0.2) is 20.7 Å². The third-order valence-corrected chi connectivity index (χ3v) is 6.80. The first-order valence-electron chi connectivity index (χ1n) is 11.8. The smallest absolute Gasteiger partial charge is 0.139 e. The van der Waals surface area contributed by atoms with Crippen LogP contribution in [-0.2, 0) is 4.79 Å².